The summed E-state index contributed by atoms with van der Waals surface area (Å²) in [5.41, 5.74) is 11.1. The number of hydrogen-bond acceptors (Lipinski definition) is 7. The minimum Gasteiger partial charge on any atom is -0.399 e. The van der Waals surface area contributed by atoms with Gasteiger partial charge in [-0.3, -0.25) is 18.9 Å². The summed E-state index contributed by atoms with van der Waals surface area (Å²) in [6, 6.07) is 30.8. The van der Waals surface area contributed by atoms with Gasteiger partial charge in [-0.25, -0.2) is 28.7 Å². The van der Waals surface area contributed by atoms with Gasteiger partial charge in [-0.15, -0.1) is 0 Å². The van der Waals surface area contributed by atoms with Crippen LogP contribution in [-0.4, -0.2) is 33.7 Å². The van der Waals surface area contributed by atoms with Crippen LogP contribution in [0.2, 0.25) is 0 Å². The van der Waals surface area contributed by atoms with Crippen molar-refractivity contribution in [2.45, 2.75) is 0 Å². The maximum absolute atomic E-state index is 14.1. The van der Waals surface area contributed by atoms with E-state index in [-0.39, 0.29) is 17.1 Å². The van der Waals surface area contributed by atoms with E-state index in [1.165, 1.54) is 18.2 Å². The highest BCUT2D eigenvalue weighted by Gasteiger charge is 2.16. The van der Waals surface area contributed by atoms with Crippen molar-refractivity contribution in [3.63, 3.8) is 0 Å². The Morgan fingerprint density at radius 2 is 1.10 bits per heavy atom. The third-order valence-electron chi connectivity index (χ3n) is 7.60. The van der Waals surface area contributed by atoms with E-state index in [1.54, 1.807) is 41.2 Å². The zero-order chi connectivity index (χ0) is 33.2. The van der Waals surface area contributed by atoms with E-state index in [9.17, 15) is 18.9 Å². The van der Waals surface area contributed by atoms with Gasteiger partial charge in [0.05, 0.1) is 40.1 Å². The summed E-state index contributed by atoms with van der Waals surface area (Å²) in [5, 5.41) is 10.9. The lowest BCUT2D eigenvalue weighted by Gasteiger charge is -2.06. The lowest BCUT2D eigenvalue weighted by Crippen LogP contribution is -1.96. The topological polar surface area (TPSA) is 130 Å². The molecular weight excluding hydrogens is 614 g/mol. The van der Waals surface area contributed by atoms with E-state index in [0.717, 1.165) is 34.6 Å². The van der Waals surface area contributed by atoms with Crippen LogP contribution in [0.25, 0.3) is 56.6 Å². The Morgan fingerprint density at radius 3 is 1.60 bits per heavy atom. The maximum atomic E-state index is 14.1. The number of nitro benzene ring substituents is 1. The number of imidazole rings is 2. The number of rotatable bonds is 5. The molecule has 4 aromatic carbocycles. The first kappa shape index (κ1) is 29.9. The molecule has 0 aliphatic rings. The Kier molecular flexibility index (Phi) is 7.79. The van der Waals surface area contributed by atoms with Gasteiger partial charge in [0.1, 0.15) is 11.6 Å². The van der Waals surface area contributed by atoms with Crippen molar-refractivity contribution in [2.24, 2.45) is 0 Å². The summed E-state index contributed by atoms with van der Waals surface area (Å²) in [6.45, 7) is 0. The fourth-order valence-electron chi connectivity index (χ4n) is 5.25. The Bertz CT molecular complexity index is 2430. The number of nitrogens with zero attached hydrogens (tertiary/aromatic N) is 7. The second-order valence-electron chi connectivity index (χ2n) is 10.6. The van der Waals surface area contributed by atoms with Gasteiger partial charge < -0.3 is 5.73 Å². The minimum atomic E-state index is -0.572. The molecule has 0 amide bonds. The summed E-state index contributed by atoms with van der Waals surface area (Å²) >= 11 is 0. The number of benzene rings is 4. The van der Waals surface area contributed by atoms with Crippen LogP contribution in [0.5, 0.6) is 0 Å². The Labute approximate surface area is 271 Å². The highest BCUT2D eigenvalue weighted by Crippen LogP contribution is 2.28. The second-order valence-corrected chi connectivity index (χ2v) is 10.6. The number of fused-ring (bicyclic) bond motifs is 2. The van der Waals surface area contributed by atoms with Crippen LogP contribution in [0.4, 0.5) is 20.2 Å². The van der Waals surface area contributed by atoms with Gasteiger partial charge in [-0.05, 0) is 36.4 Å². The van der Waals surface area contributed by atoms with Gasteiger partial charge in [0, 0.05) is 52.5 Å². The maximum Gasteiger partial charge on any atom is 0.270 e. The van der Waals surface area contributed by atoms with Crippen LogP contribution < -0.4 is 5.73 Å². The Balaban J connectivity index is 0.000000152. The van der Waals surface area contributed by atoms with E-state index in [0.29, 0.717) is 34.2 Å². The van der Waals surface area contributed by atoms with Crippen LogP contribution in [-0.2, 0) is 0 Å². The van der Waals surface area contributed by atoms with Crippen molar-refractivity contribution in [1.82, 2.24) is 28.7 Å². The molecule has 4 aromatic heterocycles. The first-order valence-corrected chi connectivity index (χ1v) is 14.6. The molecule has 234 valence electrons. The van der Waals surface area contributed by atoms with Gasteiger partial charge in [0.15, 0.2) is 0 Å². The van der Waals surface area contributed by atoms with Gasteiger partial charge in [-0.1, -0.05) is 60.7 Å². The Morgan fingerprint density at radius 1 is 0.625 bits per heavy atom. The molecule has 12 heteroatoms. The molecule has 10 nitrogen and oxygen atoms in total. The molecule has 0 spiro atoms. The van der Waals surface area contributed by atoms with Crippen LogP contribution >= 0.6 is 0 Å². The molecular formula is C36H24F2N8O2. The number of nitrogens with two attached hydrogens (primary N) is 1. The number of aromatic nitrogens is 6. The summed E-state index contributed by atoms with van der Waals surface area (Å²) in [4.78, 5) is 27.7. The summed E-state index contributed by atoms with van der Waals surface area (Å²) in [7, 11) is 0. The first-order chi connectivity index (χ1) is 23.4. The number of non-ortho nitro benzene ring substituents is 1. The van der Waals surface area contributed by atoms with Crippen molar-refractivity contribution in [3.8, 4) is 45.0 Å². The fraction of sp³-hybridized carbons (Fsp3) is 0. The quantitative estimate of drug-likeness (QED) is 0.115. The van der Waals surface area contributed by atoms with Crippen molar-refractivity contribution < 1.29 is 13.7 Å². The van der Waals surface area contributed by atoms with E-state index in [1.807, 2.05) is 71.3 Å². The standard InChI is InChI=1S/C18H11FN4O2.C18H13FN4/c19-15-7-6-13(23(24)25)10-14(15)16-8-9-22-17(11-20-18(22)21-16)12-4-2-1-3-5-12;19-15-7-6-13(20)10-14(15)16-8-9-23-17(11-21-18(23)22-16)12-4-2-1-3-5-12/h1-11H;1-11H,20H2. The molecule has 0 bridgehead atoms. The fourth-order valence-corrected chi connectivity index (χ4v) is 5.25. The summed E-state index contributed by atoms with van der Waals surface area (Å²) in [6.07, 6.45) is 7.02. The highest BCUT2D eigenvalue weighted by molar-refractivity contribution is 5.69. The normalized spacial score (nSPS) is 11.0. The Hall–Kier alpha value is -6.82. The third kappa shape index (κ3) is 5.81. The molecule has 8 aromatic rings. The second kappa shape index (κ2) is 12.5. The van der Waals surface area contributed by atoms with E-state index >= 15 is 0 Å². The molecule has 4 heterocycles. The molecule has 0 unspecified atom stereocenters. The van der Waals surface area contributed by atoms with Gasteiger partial charge in [-0.2, -0.15) is 0 Å². The van der Waals surface area contributed by atoms with Crippen molar-refractivity contribution in [3.05, 3.63) is 156 Å². The van der Waals surface area contributed by atoms with Crippen LogP contribution in [0.15, 0.2) is 134 Å². The third-order valence-corrected chi connectivity index (χ3v) is 7.60. The predicted molar refractivity (Wildman–Crippen MR) is 179 cm³/mol. The van der Waals surface area contributed by atoms with Crippen molar-refractivity contribution >= 4 is 22.9 Å². The van der Waals surface area contributed by atoms with Gasteiger partial charge in [0.2, 0.25) is 11.6 Å². The van der Waals surface area contributed by atoms with Crippen LogP contribution in [0.3, 0.4) is 0 Å². The average molecular weight is 639 g/mol. The van der Waals surface area contributed by atoms with Crippen LogP contribution in [0, 0.1) is 21.7 Å². The molecule has 2 N–H and O–H groups in total. The summed E-state index contributed by atoms with van der Waals surface area (Å²) in [5.74, 6) is -0.0198. The van der Waals surface area contributed by atoms with E-state index in [2.05, 4.69) is 19.9 Å². The molecule has 0 fully saturated rings. The SMILES string of the molecule is Nc1ccc(F)c(-c2ccn3c(-c4ccccc4)cnc3n2)c1.O=[N+]([O-])c1ccc(F)c(-c2ccn3c(-c4ccccc4)cnc3n2)c1. The van der Waals surface area contributed by atoms with Crippen molar-refractivity contribution in [2.75, 3.05) is 5.73 Å². The molecule has 0 radical (unpaired) electrons. The zero-order valence-corrected chi connectivity index (χ0v) is 25.0. The lowest BCUT2D eigenvalue weighted by molar-refractivity contribution is -0.384. The first-order valence-electron chi connectivity index (χ1n) is 14.6. The zero-order valence-electron chi connectivity index (χ0n) is 25.0. The molecule has 48 heavy (non-hydrogen) atoms. The number of nitrogen functional groups attached to an aromatic ring is 1. The molecule has 0 saturated heterocycles. The number of hydrogen-bond donors (Lipinski definition) is 1. The lowest BCUT2D eigenvalue weighted by atomic mass is 10.1. The van der Waals surface area contributed by atoms with E-state index in [4.69, 9.17) is 5.73 Å². The number of nitro groups is 1. The highest BCUT2D eigenvalue weighted by atomic mass is 19.1. The summed E-state index contributed by atoms with van der Waals surface area (Å²) < 4.78 is 31.8. The van der Waals surface area contributed by atoms with Gasteiger partial charge >= 0.3 is 0 Å². The molecule has 0 aliphatic heterocycles. The number of anilines is 1. The largest absolute Gasteiger partial charge is 0.399 e. The number of halogens is 2. The van der Waals surface area contributed by atoms with Gasteiger partial charge in [0.25, 0.3) is 5.69 Å². The molecule has 8 rings (SSSR count). The monoisotopic (exact) mass is 638 g/mol. The molecule has 0 aliphatic carbocycles. The van der Waals surface area contributed by atoms with E-state index < -0.39 is 10.7 Å². The predicted octanol–water partition coefficient (Wildman–Crippen LogP) is 7.90. The smallest absolute Gasteiger partial charge is 0.270 e. The average Bonchev–Trinajstić information content (AvgIpc) is 3.74. The van der Waals surface area contributed by atoms with Crippen molar-refractivity contribution in [1.29, 1.82) is 0 Å². The molecule has 0 saturated carbocycles. The van der Waals surface area contributed by atoms with Crippen LogP contribution in [0.1, 0.15) is 0 Å². The molecule has 0 atom stereocenters. The minimum absolute atomic E-state index is 0.0703.